The Morgan fingerprint density at radius 3 is 1.38 bits per heavy atom. The van der Waals surface area contributed by atoms with Crippen LogP contribution in [0.3, 0.4) is 0 Å². The third-order valence-electron chi connectivity index (χ3n) is 7.18. The zero-order valence-electron chi connectivity index (χ0n) is 26.4. The van der Waals surface area contributed by atoms with Crippen LogP contribution in [-0.4, -0.2) is 22.4 Å². The summed E-state index contributed by atoms with van der Waals surface area (Å²) in [6, 6.07) is 43.2. The minimum atomic E-state index is -4.45. The summed E-state index contributed by atoms with van der Waals surface area (Å²) < 4.78 is 36.3. The van der Waals surface area contributed by atoms with E-state index in [1.165, 1.54) is 0 Å². The third-order valence-corrected chi connectivity index (χ3v) is 9.55. The van der Waals surface area contributed by atoms with Crippen LogP contribution in [0.4, 0.5) is 11.4 Å². The van der Waals surface area contributed by atoms with Crippen molar-refractivity contribution in [3.05, 3.63) is 163 Å². The Bertz CT molecular complexity index is 2080. The molecule has 6 rings (SSSR count). The maximum Gasteiger partial charge on any atom is 0.462 e. The van der Waals surface area contributed by atoms with Gasteiger partial charge in [0.1, 0.15) is 24.1 Å². The van der Waals surface area contributed by atoms with Gasteiger partial charge < -0.3 is 24.6 Å². The molecule has 0 fully saturated rings. The van der Waals surface area contributed by atoms with E-state index in [9.17, 15) is 28.5 Å². The van der Waals surface area contributed by atoms with Gasteiger partial charge in [0, 0.05) is 27.9 Å². The van der Waals surface area contributed by atoms with Crippen LogP contribution in [0.15, 0.2) is 152 Å². The Labute approximate surface area is 288 Å². The van der Waals surface area contributed by atoms with Crippen LogP contribution < -0.4 is 25.2 Å². The Morgan fingerprint density at radius 2 is 0.960 bits per heavy atom. The molecule has 0 bridgehead atoms. The summed E-state index contributed by atoms with van der Waals surface area (Å²) in [4.78, 5) is 40.2. The number of hydrogen-bond acceptors (Lipinski definition) is 7. The van der Waals surface area contributed by atoms with E-state index in [4.69, 9.17) is 14.8 Å². The SMILES string of the molecule is Nc1ccc(NP(=O)(O)O)c(-c2ccccc2)c1-c1ccccc1.O=Cc1ccc(OP(=O)(Oc2ccc(C=O)cc2)c2ccccc2)cc1. The van der Waals surface area contributed by atoms with E-state index in [-0.39, 0.29) is 0 Å². The lowest BCUT2D eigenvalue weighted by molar-refractivity contribution is 0.111. The molecule has 12 heteroatoms. The lowest BCUT2D eigenvalue weighted by atomic mass is 9.92. The fraction of sp³-hybridized carbons (Fsp3) is 0. The standard InChI is InChI=1S/C20H15O5P.C18H17N2O3P/c21-14-16-6-10-18(11-7-16)24-26(23,20-4-2-1-3-5-20)25-19-12-8-17(15-22)9-13-19;19-15-11-12-16(20-24(21,22)23)18(14-9-5-2-6-10-14)17(15)13-7-3-1-4-8-13/h1-15H;1-12H,19H2,(H3,20,21,22,23). The Hall–Kier alpha value is -5.76. The second-order valence-electron chi connectivity index (χ2n) is 10.7. The molecule has 0 spiro atoms. The highest BCUT2D eigenvalue weighted by Gasteiger charge is 2.31. The highest BCUT2D eigenvalue weighted by molar-refractivity contribution is 7.63. The third kappa shape index (κ3) is 9.23. The van der Waals surface area contributed by atoms with Crippen molar-refractivity contribution in [2.75, 3.05) is 10.8 Å². The monoisotopic (exact) mass is 706 g/mol. The average Bonchev–Trinajstić information content (AvgIpc) is 3.13. The summed E-state index contributed by atoms with van der Waals surface area (Å²) in [6.45, 7) is 0. The zero-order valence-corrected chi connectivity index (χ0v) is 28.2. The molecule has 0 heterocycles. The van der Waals surface area contributed by atoms with Crippen LogP contribution in [0, 0.1) is 0 Å². The fourth-order valence-electron chi connectivity index (χ4n) is 4.92. The van der Waals surface area contributed by atoms with Gasteiger partial charge in [-0.25, -0.2) is 9.13 Å². The van der Waals surface area contributed by atoms with Gasteiger partial charge in [0.2, 0.25) is 0 Å². The van der Waals surface area contributed by atoms with Gasteiger partial charge in [0.15, 0.2) is 0 Å². The number of nitrogens with one attached hydrogen (secondary N) is 1. The summed E-state index contributed by atoms with van der Waals surface area (Å²) in [5, 5.41) is 2.68. The van der Waals surface area contributed by atoms with Gasteiger partial charge in [-0.15, -0.1) is 0 Å². The number of nitrogens with two attached hydrogens (primary N) is 1. The summed E-state index contributed by atoms with van der Waals surface area (Å²) in [7, 11) is -8.19. The van der Waals surface area contributed by atoms with Gasteiger partial charge in [-0.3, -0.25) is 14.7 Å². The molecule has 0 saturated heterocycles. The maximum absolute atomic E-state index is 13.5. The normalized spacial score (nSPS) is 11.0. The molecule has 50 heavy (non-hydrogen) atoms. The van der Waals surface area contributed by atoms with Crippen LogP contribution in [0.5, 0.6) is 11.5 Å². The first-order valence-electron chi connectivity index (χ1n) is 15.1. The van der Waals surface area contributed by atoms with Gasteiger partial charge >= 0.3 is 15.3 Å². The molecule has 6 aromatic rings. The van der Waals surface area contributed by atoms with Crippen molar-refractivity contribution in [2.24, 2.45) is 0 Å². The van der Waals surface area contributed by atoms with Crippen LogP contribution in [0.2, 0.25) is 0 Å². The molecular weight excluding hydrogens is 674 g/mol. The molecule has 0 unspecified atom stereocenters. The van der Waals surface area contributed by atoms with Gasteiger partial charge in [0.25, 0.3) is 0 Å². The number of carbonyl (C=O) groups is 2. The molecule has 6 aromatic carbocycles. The van der Waals surface area contributed by atoms with Crippen molar-refractivity contribution in [2.45, 2.75) is 0 Å². The summed E-state index contributed by atoms with van der Waals surface area (Å²) in [6.07, 6.45) is 1.43. The first kappa shape index (κ1) is 35.5. The molecule has 0 aliphatic rings. The van der Waals surface area contributed by atoms with E-state index in [0.717, 1.165) is 16.7 Å². The maximum atomic E-state index is 13.5. The van der Waals surface area contributed by atoms with E-state index in [1.54, 1.807) is 91.0 Å². The van der Waals surface area contributed by atoms with Crippen molar-refractivity contribution in [3.8, 4) is 33.8 Å². The van der Waals surface area contributed by atoms with Crippen molar-refractivity contribution < 1.29 is 37.6 Å². The van der Waals surface area contributed by atoms with E-state index in [2.05, 4.69) is 5.09 Å². The Kier molecular flexibility index (Phi) is 11.4. The molecule has 252 valence electrons. The first-order chi connectivity index (χ1) is 24.1. The second kappa shape index (κ2) is 16.1. The molecule has 0 atom stereocenters. The molecular formula is C38H32N2O8P2. The Morgan fingerprint density at radius 1 is 0.540 bits per heavy atom. The number of hydrogen-bond donors (Lipinski definition) is 4. The van der Waals surface area contributed by atoms with Crippen LogP contribution in [0.1, 0.15) is 20.7 Å². The number of carbonyl (C=O) groups excluding carboxylic acids is 2. The van der Waals surface area contributed by atoms with Gasteiger partial charge in [-0.05, 0) is 83.9 Å². The van der Waals surface area contributed by atoms with Gasteiger partial charge in [0.05, 0.1) is 11.0 Å². The van der Waals surface area contributed by atoms with E-state index < -0.39 is 15.3 Å². The predicted octanol–water partition coefficient (Wildman–Crippen LogP) is 8.40. The Balaban J connectivity index is 0.000000195. The van der Waals surface area contributed by atoms with Gasteiger partial charge in [-0.2, -0.15) is 0 Å². The van der Waals surface area contributed by atoms with E-state index in [0.29, 0.717) is 57.4 Å². The minimum Gasteiger partial charge on any atom is -0.413 e. The quantitative estimate of drug-likeness (QED) is 0.0584. The topological polar surface area (TPSA) is 165 Å². The molecule has 0 saturated carbocycles. The lowest BCUT2D eigenvalue weighted by Gasteiger charge is -2.20. The van der Waals surface area contributed by atoms with Crippen LogP contribution >= 0.6 is 15.3 Å². The first-order valence-corrected chi connectivity index (χ1v) is 18.3. The lowest BCUT2D eigenvalue weighted by Crippen LogP contribution is -2.14. The van der Waals surface area contributed by atoms with Gasteiger partial charge in [-0.1, -0.05) is 78.9 Å². The second-order valence-corrected chi connectivity index (χ2v) is 13.9. The molecule has 10 nitrogen and oxygen atoms in total. The number of aldehydes is 2. The average molecular weight is 707 g/mol. The number of benzene rings is 6. The molecule has 0 amide bonds. The van der Waals surface area contributed by atoms with E-state index >= 15 is 0 Å². The largest absolute Gasteiger partial charge is 0.462 e. The number of anilines is 2. The van der Waals surface area contributed by atoms with Crippen molar-refractivity contribution >= 4 is 44.6 Å². The van der Waals surface area contributed by atoms with Crippen molar-refractivity contribution in [3.63, 3.8) is 0 Å². The summed E-state index contributed by atoms with van der Waals surface area (Å²) in [5.41, 5.74) is 11.1. The van der Waals surface area contributed by atoms with Crippen LogP contribution in [0.25, 0.3) is 22.3 Å². The van der Waals surface area contributed by atoms with E-state index in [1.807, 2.05) is 60.7 Å². The molecule has 0 aromatic heterocycles. The van der Waals surface area contributed by atoms with Crippen molar-refractivity contribution in [1.29, 1.82) is 0 Å². The highest BCUT2D eigenvalue weighted by Crippen LogP contribution is 2.48. The molecule has 0 aliphatic heterocycles. The number of rotatable bonds is 11. The summed E-state index contributed by atoms with van der Waals surface area (Å²) >= 11 is 0. The highest BCUT2D eigenvalue weighted by atomic mass is 31.2. The molecule has 0 radical (unpaired) electrons. The molecule has 5 N–H and O–H groups in total. The van der Waals surface area contributed by atoms with Crippen molar-refractivity contribution in [1.82, 2.24) is 0 Å². The summed E-state index contributed by atoms with van der Waals surface area (Å²) in [5.74, 6) is 0.625. The number of nitrogen functional groups attached to an aromatic ring is 1. The van der Waals surface area contributed by atoms with Crippen LogP contribution in [-0.2, 0) is 9.13 Å². The smallest absolute Gasteiger partial charge is 0.413 e. The predicted molar refractivity (Wildman–Crippen MR) is 196 cm³/mol. The molecule has 0 aliphatic carbocycles. The minimum absolute atomic E-state index is 0.312. The fourth-order valence-corrected chi connectivity index (χ4v) is 7.00. The zero-order chi connectivity index (χ0) is 35.6.